The highest BCUT2D eigenvalue weighted by Crippen LogP contribution is 2.51. The Hall–Kier alpha value is -2.61. The molecular weight excluding hydrogens is 353 g/mol. The number of benzene rings is 1. The van der Waals surface area contributed by atoms with Gasteiger partial charge in [0.1, 0.15) is 11.3 Å². The first-order valence-electron chi connectivity index (χ1n) is 9.13. The molecule has 2 aromatic rings. The first-order chi connectivity index (χ1) is 12.9. The first kappa shape index (κ1) is 16.6. The van der Waals surface area contributed by atoms with Crippen LogP contribution in [0.5, 0.6) is 5.75 Å². The number of aromatic nitrogens is 1. The summed E-state index contributed by atoms with van der Waals surface area (Å²) in [5, 5.41) is 9.42. The third kappa shape index (κ3) is 2.29. The number of nitrogens with zero attached hydrogens (tertiary/aromatic N) is 2. The first-order valence-corrected chi connectivity index (χ1v) is 9.13. The molecule has 0 radical (unpaired) electrons. The molecule has 2 heterocycles. The second kappa shape index (κ2) is 5.45. The summed E-state index contributed by atoms with van der Waals surface area (Å²) >= 11 is 0. The van der Waals surface area contributed by atoms with Gasteiger partial charge in [0.15, 0.2) is 11.6 Å². The Kier molecular flexibility index (Phi) is 3.34. The second-order valence-corrected chi connectivity index (χ2v) is 7.74. The predicted octanol–water partition coefficient (Wildman–Crippen LogP) is 1.72. The van der Waals surface area contributed by atoms with Crippen LogP contribution in [0, 0.1) is 11.7 Å². The number of piperidine rings is 1. The molecule has 7 nitrogen and oxygen atoms in total. The average Bonchev–Trinajstić information content (AvgIpc) is 3.52. The summed E-state index contributed by atoms with van der Waals surface area (Å²) in [6, 6.07) is 1.44. The van der Waals surface area contributed by atoms with E-state index in [4.69, 9.17) is 10.5 Å². The molecule has 0 amide bonds. The van der Waals surface area contributed by atoms with Crippen molar-refractivity contribution in [3.8, 4) is 5.75 Å². The van der Waals surface area contributed by atoms with Gasteiger partial charge in [-0.15, -0.1) is 0 Å². The van der Waals surface area contributed by atoms with Crippen LogP contribution in [0.4, 0.5) is 10.1 Å². The van der Waals surface area contributed by atoms with Crippen LogP contribution < -0.4 is 20.8 Å². The number of carbonyl (C=O) groups is 1. The number of ether oxygens (including phenoxy) is 1. The van der Waals surface area contributed by atoms with Crippen LogP contribution in [0.1, 0.15) is 35.7 Å². The fourth-order valence-electron chi connectivity index (χ4n) is 4.47. The average molecular weight is 373 g/mol. The molecule has 5 rings (SSSR count). The number of anilines is 1. The molecule has 3 N–H and O–H groups in total. The molecule has 0 bridgehead atoms. The van der Waals surface area contributed by atoms with Gasteiger partial charge in [0.05, 0.1) is 18.0 Å². The number of carboxylic acid groups (broad SMARTS) is 1. The van der Waals surface area contributed by atoms with E-state index in [1.807, 2.05) is 4.90 Å². The Morgan fingerprint density at radius 3 is 2.67 bits per heavy atom. The van der Waals surface area contributed by atoms with Crippen molar-refractivity contribution in [2.45, 2.75) is 37.4 Å². The van der Waals surface area contributed by atoms with Gasteiger partial charge in [-0.05, 0) is 31.2 Å². The van der Waals surface area contributed by atoms with Crippen LogP contribution in [-0.2, 0) is 0 Å². The molecule has 3 aliphatic rings. The van der Waals surface area contributed by atoms with Gasteiger partial charge in [0.25, 0.3) is 0 Å². The standard InChI is InChI=1S/C19H20FN3O4/c1-27-18-15-10(17(24)11(19(25)26)6-22(15)8-2-3-8)4-12(20)16(18)23-7-13(21)9-5-14(9)23/h4,6,8-9,13-14H,2-3,5,7,21H2,1H3,(H,25,26)/t9-,13+,14-/m1/s1. The summed E-state index contributed by atoms with van der Waals surface area (Å²) in [5.41, 5.74) is 5.88. The van der Waals surface area contributed by atoms with Crippen molar-refractivity contribution in [3.05, 3.63) is 33.9 Å². The maximum Gasteiger partial charge on any atom is 0.341 e. The van der Waals surface area contributed by atoms with Gasteiger partial charge >= 0.3 is 5.97 Å². The molecule has 27 heavy (non-hydrogen) atoms. The number of pyridine rings is 1. The lowest BCUT2D eigenvalue weighted by Gasteiger charge is -2.26. The quantitative estimate of drug-likeness (QED) is 0.847. The topological polar surface area (TPSA) is 97.8 Å². The largest absolute Gasteiger partial charge is 0.492 e. The predicted molar refractivity (Wildman–Crippen MR) is 97.2 cm³/mol. The summed E-state index contributed by atoms with van der Waals surface area (Å²) in [5.74, 6) is -1.25. The van der Waals surface area contributed by atoms with E-state index in [0.717, 1.165) is 25.3 Å². The summed E-state index contributed by atoms with van der Waals surface area (Å²) < 4.78 is 22.5. The van der Waals surface area contributed by atoms with E-state index in [-0.39, 0.29) is 34.8 Å². The van der Waals surface area contributed by atoms with Crippen LogP contribution in [0.3, 0.4) is 0 Å². The molecule has 3 fully saturated rings. The molecule has 1 aliphatic heterocycles. The summed E-state index contributed by atoms with van der Waals surface area (Å²) in [7, 11) is 1.45. The normalized spacial score (nSPS) is 26.3. The van der Waals surface area contributed by atoms with Crippen molar-refractivity contribution < 1.29 is 19.0 Å². The highest BCUT2D eigenvalue weighted by Gasteiger charge is 2.53. The van der Waals surface area contributed by atoms with Gasteiger partial charge in [-0.1, -0.05) is 0 Å². The highest BCUT2D eigenvalue weighted by molar-refractivity contribution is 5.97. The zero-order valence-electron chi connectivity index (χ0n) is 14.8. The molecule has 1 aromatic heterocycles. The molecule has 1 saturated heterocycles. The minimum absolute atomic E-state index is 0.00480. The minimum Gasteiger partial charge on any atom is -0.492 e. The van der Waals surface area contributed by atoms with Gasteiger partial charge in [-0.2, -0.15) is 0 Å². The zero-order valence-corrected chi connectivity index (χ0v) is 14.8. The maximum absolute atomic E-state index is 15.1. The monoisotopic (exact) mass is 373 g/mol. The Morgan fingerprint density at radius 2 is 2.15 bits per heavy atom. The number of hydrogen-bond donors (Lipinski definition) is 2. The lowest BCUT2D eigenvalue weighted by atomic mass is 10.1. The summed E-state index contributed by atoms with van der Waals surface area (Å²) in [6.07, 6.45) is 4.05. The minimum atomic E-state index is -1.31. The Bertz CT molecular complexity index is 1050. The van der Waals surface area contributed by atoms with E-state index >= 15 is 4.39 Å². The lowest BCUT2D eigenvalue weighted by Crippen LogP contribution is -2.32. The number of rotatable bonds is 4. The third-order valence-electron chi connectivity index (χ3n) is 6.02. The number of aromatic carboxylic acids is 1. The number of halogens is 1. The second-order valence-electron chi connectivity index (χ2n) is 7.74. The molecule has 8 heteroatoms. The number of nitrogens with two attached hydrogens (primary N) is 1. The van der Waals surface area contributed by atoms with E-state index in [0.29, 0.717) is 23.7 Å². The van der Waals surface area contributed by atoms with Crippen molar-refractivity contribution in [1.29, 1.82) is 0 Å². The molecule has 1 aromatic carbocycles. The van der Waals surface area contributed by atoms with E-state index in [1.165, 1.54) is 13.3 Å². The molecule has 2 aliphatic carbocycles. The van der Waals surface area contributed by atoms with E-state index in [1.54, 1.807) is 4.57 Å². The van der Waals surface area contributed by atoms with E-state index in [9.17, 15) is 14.7 Å². The smallest absolute Gasteiger partial charge is 0.341 e. The van der Waals surface area contributed by atoms with Crippen molar-refractivity contribution in [3.63, 3.8) is 0 Å². The Balaban J connectivity index is 1.82. The number of carboxylic acids is 1. The summed E-state index contributed by atoms with van der Waals surface area (Å²) in [4.78, 5) is 26.1. The van der Waals surface area contributed by atoms with Crippen LogP contribution in [-0.4, -0.2) is 41.4 Å². The van der Waals surface area contributed by atoms with E-state index in [2.05, 4.69) is 0 Å². The molecule has 0 spiro atoms. The highest BCUT2D eigenvalue weighted by atomic mass is 19.1. The van der Waals surface area contributed by atoms with Crippen molar-refractivity contribution in [2.24, 2.45) is 11.7 Å². The van der Waals surface area contributed by atoms with Gasteiger partial charge in [0.2, 0.25) is 5.43 Å². The fourth-order valence-corrected chi connectivity index (χ4v) is 4.47. The van der Waals surface area contributed by atoms with Crippen molar-refractivity contribution in [2.75, 3.05) is 18.6 Å². The van der Waals surface area contributed by atoms with Crippen LogP contribution in [0.25, 0.3) is 10.9 Å². The van der Waals surface area contributed by atoms with Crippen LogP contribution >= 0.6 is 0 Å². The Labute approximate surface area is 154 Å². The lowest BCUT2D eigenvalue weighted by molar-refractivity contribution is 0.0695. The molecule has 142 valence electrons. The molecule has 3 atom stereocenters. The fraction of sp³-hybridized carbons (Fsp3) is 0.474. The van der Waals surface area contributed by atoms with E-state index < -0.39 is 17.2 Å². The number of hydrogen-bond acceptors (Lipinski definition) is 5. The zero-order chi connectivity index (χ0) is 19.0. The molecule has 2 saturated carbocycles. The molecular formula is C19H20FN3O4. The molecule has 0 unspecified atom stereocenters. The number of methoxy groups -OCH3 is 1. The van der Waals surface area contributed by atoms with Gasteiger partial charge < -0.3 is 25.0 Å². The summed E-state index contributed by atoms with van der Waals surface area (Å²) in [6.45, 7) is 0.537. The van der Waals surface area contributed by atoms with Crippen LogP contribution in [0.15, 0.2) is 17.1 Å². The maximum atomic E-state index is 15.1. The SMILES string of the molecule is COc1c(N2C[C@H](N)[C@H]3C[C@H]32)c(F)cc2c(=O)c(C(=O)O)cn(C3CC3)c12. The third-order valence-corrected chi connectivity index (χ3v) is 6.02. The van der Waals surface area contributed by atoms with Gasteiger partial charge in [-0.25, -0.2) is 9.18 Å². The van der Waals surface area contributed by atoms with Crippen LogP contribution in [0.2, 0.25) is 0 Å². The van der Waals surface area contributed by atoms with Crippen molar-refractivity contribution in [1.82, 2.24) is 4.57 Å². The van der Waals surface area contributed by atoms with Gasteiger partial charge in [-0.3, -0.25) is 4.79 Å². The van der Waals surface area contributed by atoms with Crippen molar-refractivity contribution >= 4 is 22.6 Å². The Morgan fingerprint density at radius 1 is 1.41 bits per heavy atom. The van der Waals surface area contributed by atoms with Gasteiger partial charge in [0, 0.05) is 30.9 Å². The number of fused-ring (bicyclic) bond motifs is 2.